The predicted molar refractivity (Wildman–Crippen MR) is 102 cm³/mol. The number of aryl methyl sites for hydroxylation is 1. The second-order valence-corrected chi connectivity index (χ2v) is 6.85. The van der Waals surface area contributed by atoms with Crippen LogP contribution >= 0.6 is 0 Å². The molecule has 1 saturated heterocycles. The maximum Gasteiger partial charge on any atom is 0.573 e. The molecule has 1 aromatic heterocycles. The van der Waals surface area contributed by atoms with Gasteiger partial charge in [-0.1, -0.05) is 12.1 Å². The first-order valence-electron chi connectivity index (χ1n) is 9.06. The normalized spacial score (nSPS) is 14.7. The van der Waals surface area contributed by atoms with Gasteiger partial charge in [-0.25, -0.2) is 9.97 Å². The number of para-hydroxylation sites is 1. The van der Waals surface area contributed by atoms with Crippen LogP contribution in [-0.4, -0.2) is 67.4 Å². The fourth-order valence-corrected chi connectivity index (χ4v) is 3.09. The lowest BCUT2D eigenvalue weighted by Gasteiger charge is -2.36. The van der Waals surface area contributed by atoms with Gasteiger partial charge in [0.1, 0.15) is 23.2 Å². The first kappa shape index (κ1) is 20.7. The van der Waals surface area contributed by atoms with E-state index in [2.05, 4.69) is 14.7 Å². The summed E-state index contributed by atoms with van der Waals surface area (Å²) in [4.78, 5) is 27.0. The molecule has 1 aliphatic rings. The number of nitrogens with zero attached hydrogens (tertiary/aromatic N) is 5. The van der Waals surface area contributed by atoms with E-state index >= 15 is 0 Å². The van der Waals surface area contributed by atoms with Crippen LogP contribution in [0.25, 0.3) is 0 Å². The number of anilines is 2. The third-order valence-electron chi connectivity index (χ3n) is 4.50. The van der Waals surface area contributed by atoms with E-state index in [0.29, 0.717) is 32.0 Å². The van der Waals surface area contributed by atoms with E-state index in [1.807, 2.05) is 36.9 Å². The smallest absolute Gasteiger partial charge is 0.405 e. The molecule has 0 N–H and O–H groups in total. The van der Waals surface area contributed by atoms with Crippen molar-refractivity contribution in [1.82, 2.24) is 14.9 Å². The number of ether oxygens (including phenoxy) is 1. The van der Waals surface area contributed by atoms with Gasteiger partial charge in [0.15, 0.2) is 0 Å². The molecule has 0 spiro atoms. The van der Waals surface area contributed by atoms with Crippen molar-refractivity contribution in [3.8, 4) is 5.75 Å². The summed E-state index contributed by atoms with van der Waals surface area (Å²) in [5.41, 5.74) is -0.106. The lowest BCUT2D eigenvalue weighted by Crippen LogP contribution is -2.49. The quantitative estimate of drug-likeness (QED) is 0.774. The van der Waals surface area contributed by atoms with E-state index in [4.69, 9.17) is 0 Å². The number of rotatable bonds is 4. The molecule has 10 heteroatoms. The fraction of sp³-hybridized carbons (Fsp3) is 0.421. The van der Waals surface area contributed by atoms with Gasteiger partial charge in [-0.15, -0.1) is 13.2 Å². The topological polar surface area (TPSA) is 61.8 Å². The van der Waals surface area contributed by atoms with E-state index in [9.17, 15) is 18.0 Å². The second-order valence-electron chi connectivity index (χ2n) is 6.85. The van der Waals surface area contributed by atoms with E-state index in [-0.39, 0.29) is 5.56 Å². The Morgan fingerprint density at radius 3 is 2.38 bits per heavy atom. The monoisotopic (exact) mass is 409 g/mol. The van der Waals surface area contributed by atoms with Gasteiger partial charge in [-0.05, 0) is 19.1 Å². The van der Waals surface area contributed by atoms with Gasteiger partial charge in [0.05, 0.1) is 5.56 Å². The second kappa shape index (κ2) is 8.14. The molecule has 0 aliphatic carbocycles. The van der Waals surface area contributed by atoms with E-state index in [1.54, 1.807) is 0 Å². The van der Waals surface area contributed by atoms with Gasteiger partial charge in [-0.2, -0.15) is 0 Å². The van der Waals surface area contributed by atoms with Gasteiger partial charge in [0.2, 0.25) is 0 Å². The zero-order chi connectivity index (χ0) is 21.2. The standard InChI is InChI=1S/C19H22F3N5O2/c1-13-23-16(25(2)3)12-17(24-13)26-8-10-27(11-9-26)18(28)14-6-4-5-7-15(14)29-19(20,21)22/h4-7,12H,8-11H2,1-3H3. The Hall–Kier alpha value is -3.04. The van der Waals surface area contributed by atoms with Crippen LogP contribution in [0.3, 0.4) is 0 Å². The zero-order valence-electron chi connectivity index (χ0n) is 16.4. The summed E-state index contributed by atoms with van der Waals surface area (Å²) in [5, 5.41) is 0. The molecule has 1 aliphatic heterocycles. The molecule has 1 amide bonds. The summed E-state index contributed by atoms with van der Waals surface area (Å²) in [5.74, 6) is 1.20. The maximum atomic E-state index is 12.8. The third kappa shape index (κ3) is 5.07. The molecule has 0 saturated carbocycles. The first-order valence-corrected chi connectivity index (χ1v) is 9.06. The Morgan fingerprint density at radius 2 is 1.76 bits per heavy atom. The molecule has 0 radical (unpaired) electrons. The number of benzene rings is 1. The molecule has 0 atom stereocenters. The average molecular weight is 409 g/mol. The SMILES string of the molecule is Cc1nc(N(C)C)cc(N2CCN(C(=O)c3ccccc3OC(F)(F)F)CC2)n1. The van der Waals surface area contributed by atoms with Gasteiger partial charge in [0.25, 0.3) is 5.91 Å². The van der Waals surface area contributed by atoms with Crippen molar-refractivity contribution in [3.05, 3.63) is 41.7 Å². The Kier molecular flexibility index (Phi) is 5.81. The van der Waals surface area contributed by atoms with Crippen molar-refractivity contribution in [2.45, 2.75) is 13.3 Å². The largest absolute Gasteiger partial charge is 0.573 e. The summed E-state index contributed by atoms with van der Waals surface area (Å²) < 4.78 is 41.9. The minimum Gasteiger partial charge on any atom is -0.405 e. The van der Waals surface area contributed by atoms with Crippen molar-refractivity contribution in [2.75, 3.05) is 50.1 Å². The van der Waals surface area contributed by atoms with Crippen LogP contribution in [-0.2, 0) is 0 Å². The highest BCUT2D eigenvalue weighted by molar-refractivity contribution is 5.97. The molecule has 2 heterocycles. The Labute approximate surface area is 166 Å². The van der Waals surface area contributed by atoms with Crippen LogP contribution in [0, 0.1) is 6.92 Å². The number of carbonyl (C=O) groups excluding carboxylic acids is 1. The number of hydrogen-bond acceptors (Lipinski definition) is 6. The maximum absolute atomic E-state index is 12.8. The number of alkyl halides is 3. The molecule has 156 valence electrons. The number of halogens is 3. The number of amides is 1. The molecule has 7 nitrogen and oxygen atoms in total. The van der Waals surface area contributed by atoms with Crippen molar-refractivity contribution in [3.63, 3.8) is 0 Å². The molecule has 2 aromatic rings. The predicted octanol–water partition coefficient (Wildman–Crippen LogP) is 2.71. The number of carbonyl (C=O) groups is 1. The molecule has 3 rings (SSSR count). The van der Waals surface area contributed by atoms with Crippen LogP contribution < -0.4 is 14.5 Å². The molecule has 1 fully saturated rings. The van der Waals surface area contributed by atoms with Crippen molar-refractivity contribution >= 4 is 17.5 Å². The molecule has 29 heavy (non-hydrogen) atoms. The molecular formula is C19H22F3N5O2. The van der Waals surface area contributed by atoms with E-state index in [1.165, 1.54) is 23.1 Å². The van der Waals surface area contributed by atoms with E-state index in [0.717, 1.165) is 17.7 Å². The van der Waals surface area contributed by atoms with Crippen molar-refractivity contribution in [1.29, 1.82) is 0 Å². The summed E-state index contributed by atoms with van der Waals surface area (Å²) in [7, 11) is 3.78. The number of aromatic nitrogens is 2. The summed E-state index contributed by atoms with van der Waals surface area (Å²) in [6.07, 6.45) is -4.86. The molecule has 1 aromatic carbocycles. The highest BCUT2D eigenvalue weighted by atomic mass is 19.4. The van der Waals surface area contributed by atoms with Crippen LogP contribution in [0.5, 0.6) is 5.75 Å². The van der Waals surface area contributed by atoms with Gasteiger partial charge in [0, 0.05) is 46.3 Å². The molecule has 0 unspecified atom stereocenters. The minimum absolute atomic E-state index is 0.106. The highest BCUT2D eigenvalue weighted by Crippen LogP contribution is 2.28. The molecular weight excluding hydrogens is 387 g/mol. The number of piperazine rings is 1. The van der Waals surface area contributed by atoms with Crippen LogP contribution in [0.15, 0.2) is 30.3 Å². The minimum atomic E-state index is -4.86. The van der Waals surface area contributed by atoms with Crippen LogP contribution in [0.2, 0.25) is 0 Å². The van der Waals surface area contributed by atoms with Crippen molar-refractivity contribution < 1.29 is 22.7 Å². The summed E-state index contributed by atoms with van der Waals surface area (Å²) >= 11 is 0. The fourth-order valence-electron chi connectivity index (χ4n) is 3.09. The van der Waals surface area contributed by atoms with Gasteiger partial charge < -0.3 is 19.4 Å². The average Bonchev–Trinajstić information content (AvgIpc) is 2.66. The summed E-state index contributed by atoms with van der Waals surface area (Å²) in [6, 6.07) is 7.27. The van der Waals surface area contributed by atoms with E-state index < -0.39 is 18.0 Å². The first-order chi connectivity index (χ1) is 13.6. The van der Waals surface area contributed by atoms with Crippen LogP contribution in [0.4, 0.5) is 24.8 Å². The van der Waals surface area contributed by atoms with Gasteiger partial charge in [-0.3, -0.25) is 4.79 Å². The number of hydrogen-bond donors (Lipinski definition) is 0. The summed E-state index contributed by atoms with van der Waals surface area (Å²) in [6.45, 7) is 3.56. The Bertz CT molecular complexity index is 880. The zero-order valence-corrected chi connectivity index (χ0v) is 16.4. The van der Waals surface area contributed by atoms with Crippen LogP contribution in [0.1, 0.15) is 16.2 Å². The Morgan fingerprint density at radius 1 is 1.10 bits per heavy atom. The third-order valence-corrected chi connectivity index (χ3v) is 4.50. The van der Waals surface area contributed by atoms with Gasteiger partial charge >= 0.3 is 6.36 Å². The van der Waals surface area contributed by atoms with Crippen molar-refractivity contribution in [2.24, 2.45) is 0 Å². The molecule has 0 bridgehead atoms. The lowest BCUT2D eigenvalue weighted by atomic mass is 10.1. The lowest BCUT2D eigenvalue weighted by molar-refractivity contribution is -0.274. The Balaban J connectivity index is 1.71. The highest BCUT2D eigenvalue weighted by Gasteiger charge is 2.34.